The van der Waals surface area contributed by atoms with Gasteiger partial charge in [-0.1, -0.05) is 12.1 Å². The molecule has 0 unspecified atom stereocenters. The first-order valence-corrected chi connectivity index (χ1v) is 7.43. The van der Waals surface area contributed by atoms with Gasteiger partial charge in [0.15, 0.2) is 0 Å². The minimum absolute atomic E-state index is 0.378. The second kappa shape index (κ2) is 7.12. The normalized spacial score (nSPS) is 10.8. The molecular weight excluding hydrogens is 308 g/mol. The second-order valence-electron chi connectivity index (χ2n) is 6.13. The molecular formula is C18H20N2O4. The Morgan fingerprint density at radius 1 is 1.00 bits per heavy atom. The van der Waals surface area contributed by atoms with Crippen molar-refractivity contribution in [2.45, 2.75) is 26.4 Å². The lowest BCUT2D eigenvalue weighted by atomic mass is 10.1. The Hall–Kier alpha value is -2.89. The van der Waals surface area contributed by atoms with E-state index in [1.54, 1.807) is 45.2 Å². The van der Waals surface area contributed by atoms with E-state index >= 15 is 0 Å². The number of pyridine rings is 1. The van der Waals surface area contributed by atoms with E-state index in [0.717, 1.165) is 11.1 Å². The Morgan fingerprint density at radius 2 is 1.62 bits per heavy atom. The molecule has 0 aliphatic rings. The van der Waals surface area contributed by atoms with E-state index in [1.165, 1.54) is 7.11 Å². The van der Waals surface area contributed by atoms with Crippen LogP contribution in [0.2, 0.25) is 0 Å². The van der Waals surface area contributed by atoms with Crippen LogP contribution in [0.3, 0.4) is 0 Å². The minimum atomic E-state index is -0.564. The summed E-state index contributed by atoms with van der Waals surface area (Å²) in [6.07, 6.45) is 1.09. The Kier molecular flexibility index (Phi) is 5.18. The molecule has 0 fully saturated rings. The average molecular weight is 328 g/mol. The van der Waals surface area contributed by atoms with Gasteiger partial charge in [-0.05, 0) is 50.6 Å². The fraction of sp³-hybridized carbons (Fsp3) is 0.278. The number of nitrogens with one attached hydrogen (secondary N) is 1. The predicted octanol–water partition coefficient (Wildman–Crippen LogP) is 3.88. The van der Waals surface area contributed by atoms with E-state index in [2.05, 4.69) is 15.0 Å². The van der Waals surface area contributed by atoms with Crippen LogP contribution in [-0.2, 0) is 9.47 Å². The van der Waals surface area contributed by atoms with Gasteiger partial charge < -0.3 is 9.47 Å². The zero-order valence-electron chi connectivity index (χ0n) is 14.1. The lowest BCUT2D eigenvalue weighted by Gasteiger charge is -2.19. The summed E-state index contributed by atoms with van der Waals surface area (Å²) in [7, 11) is 1.34. The highest BCUT2D eigenvalue weighted by Crippen LogP contribution is 2.20. The molecule has 24 heavy (non-hydrogen) atoms. The SMILES string of the molecule is COC(=O)c1ccc(-c2ccc(NC(=O)OC(C)(C)C)nc2)cc1. The molecule has 6 nitrogen and oxygen atoms in total. The van der Waals surface area contributed by atoms with Crippen molar-refractivity contribution in [2.75, 3.05) is 12.4 Å². The highest BCUT2D eigenvalue weighted by Gasteiger charge is 2.16. The molecule has 0 aliphatic carbocycles. The molecule has 1 heterocycles. The molecule has 1 N–H and O–H groups in total. The number of amides is 1. The molecule has 0 aliphatic heterocycles. The summed E-state index contributed by atoms with van der Waals surface area (Å²) in [6.45, 7) is 5.38. The Balaban J connectivity index is 2.06. The summed E-state index contributed by atoms with van der Waals surface area (Å²) in [5.41, 5.74) is 1.68. The molecule has 1 aromatic heterocycles. The van der Waals surface area contributed by atoms with Crippen LogP contribution < -0.4 is 5.32 Å². The second-order valence-corrected chi connectivity index (χ2v) is 6.13. The van der Waals surface area contributed by atoms with Crippen molar-refractivity contribution >= 4 is 17.9 Å². The predicted molar refractivity (Wildman–Crippen MR) is 90.9 cm³/mol. The summed E-state index contributed by atoms with van der Waals surface area (Å²) in [4.78, 5) is 27.3. The first-order valence-electron chi connectivity index (χ1n) is 7.43. The number of hydrogen-bond donors (Lipinski definition) is 1. The fourth-order valence-corrected chi connectivity index (χ4v) is 1.96. The molecule has 1 amide bonds. The van der Waals surface area contributed by atoms with Crippen molar-refractivity contribution in [2.24, 2.45) is 0 Å². The van der Waals surface area contributed by atoms with E-state index in [-0.39, 0.29) is 5.97 Å². The van der Waals surface area contributed by atoms with Crippen LogP contribution in [0.5, 0.6) is 0 Å². The van der Waals surface area contributed by atoms with Gasteiger partial charge in [-0.25, -0.2) is 14.6 Å². The number of nitrogens with zero attached hydrogens (tertiary/aromatic N) is 1. The van der Waals surface area contributed by atoms with Crippen LogP contribution in [0.4, 0.5) is 10.6 Å². The number of esters is 1. The number of methoxy groups -OCH3 is 1. The molecule has 126 valence electrons. The van der Waals surface area contributed by atoms with Crippen molar-refractivity contribution in [3.63, 3.8) is 0 Å². The highest BCUT2D eigenvalue weighted by molar-refractivity contribution is 5.90. The van der Waals surface area contributed by atoms with Crippen LogP contribution in [0.1, 0.15) is 31.1 Å². The molecule has 0 saturated carbocycles. The van der Waals surface area contributed by atoms with Crippen LogP contribution in [-0.4, -0.2) is 29.8 Å². The van der Waals surface area contributed by atoms with E-state index in [4.69, 9.17) is 4.74 Å². The molecule has 0 atom stereocenters. The van der Waals surface area contributed by atoms with Gasteiger partial charge in [0, 0.05) is 11.8 Å². The maximum absolute atomic E-state index is 11.7. The molecule has 0 spiro atoms. The first kappa shape index (κ1) is 17.5. The summed E-state index contributed by atoms with van der Waals surface area (Å²) >= 11 is 0. The lowest BCUT2D eigenvalue weighted by Crippen LogP contribution is -2.27. The smallest absolute Gasteiger partial charge is 0.413 e. The first-order chi connectivity index (χ1) is 11.3. The van der Waals surface area contributed by atoms with E-state index in [1.807, 2.05) is 18.2 Å². The molecule has 1 aromatic carbocycles. The number of ether oxygens (including phenoxy) is 2. The van der Waals surface area contributed by atoms with Crippen LogP contribution in [0, 0.1) is 0 Å². The monoisotopic (exact) mass is 328 g/mol. The number of carbonyl (C=O) groups is 2. The zero-order valence-corrected chi connectivity index (χ0v) is 14.1. The number of hydrogen-bond acceptors (Lipinski definition) is 5. The van der Waals surface area contributed by atoms with Crippen molar-refractivity contribution in [3.05, 3.63) is 48.2 Å². The summed E-state index contributed by atoms with van der Waals surface area (Å²) in [6, 6.07) is 10.5. The average Bonchev–Trinajstić information content (AvgIpc) is 2.53. The molecule has 0 radical (unpaired) electrons. The van der Waals surface area contributed by atoms with Crippen LogP contribution in [0.15, 0.2) is 42.6 Å². The number of anilines is 1. The van der Waals surface area contributed by atoms with E-state index in [0.29, 0.717) is 11.4 Å². The standard InChI is InChI=1S/C18H20N2O4/c1-18(2,3)24-17(22)20-15-10-9-14(11-19-15)12-5-7-13(8-6-12)16(21)23-4/h5-11H,1-4H3,(H,19,20,22). The van der Waals surface area contributed by atoms with Gasteiger partial charge >= 0.3 is 12.1 Å². The summed E-state index contributed by atoms with van der Waals surface area (Å²) < 4.78 is 9.83. The topological polar surface area (TPSA) is 77.5 Å². The Morgan fingerprint density at radius 3 is 2.12 bits per heavy atom. The number of rotatable bonds is 3. The van der Waals surface area contributed by atoms with Crippen molar-refractivity contribution < 1.29 is 19.1 Å². The third-order valence-electron chi connectivity index (χ3n) is 3.03. The van der Waals surface area contributed by atoms with Crippen LogP contribution >= 0.6 is 0 Å². The summed E-state index contributed by atoms with van der Waals surface area (Å²) in [5, 5.41) is 2.58. The van der Waals surface area contributed by atoms with Gasteiger partial charge in [0.05, 0.1) is 12.7 Å². The number of carbonyl (C=O) groups excluding carboxylic acids is 2. The molecule has 0 saturated heterocycles. The van der Waals surface area contributed by atoms with Gasteiger partial charge in [0.2, 0.25) is 0 Å². The maximum atomic E-state index is 11.7. The van der Waals surface area contributed by atoms with Gasteiger partial charge in [-0.3, -0.25) is 5.32 Å². The van der Waals surface area contributed by atoms with Crippen molar-refractivity contribution in [3.8, 4) is 11.1 Å². The van der Waals surface area contributed by atoms with Gasteiger partial charge in [0.25, 0.3) is 0 Å². The van der Waals surface area contributed by atoms with Crippen molar-refractivity contribution in [1.29, 1.82) is 0 Å². The highest BCUT2D eigenvalue weighted by atomic mass is 16.6. The van der Waals surface area contributed by atoms with E-state index < -0.39 is 11.7 Å². The molecule has 2 aromatic rings. The van der Waals surface area contributed by atoms with Gasteiger partial charge in [-0.2, -0.15) is 0 Å². The third-order valence-corrected chi connectivity index (χ3v) is 3.03. The van der Waals surface area contributed by atoms with E-state index in [9.17, 15) is 9.59 Å². The fourth-order valence-electron chi connectivity index (χ4n) is 1.96. The van der Waals surface area contributed by atoms with Crippen LogP contribution in [0.25, 0.3) is 11.1 Å². The maximum Gasteiger partial charge on any atom is 0.413 e. The molecule has 6 heteroatoms. The molecule has 2 rings (SSSR count). The molecule has 0 bridgehead atoms. The zero-order chi connectivity index (χ0) is 17.7. The summed E-state index contributed by atoms with van der Waals surface area (Å²) in [5.74, 6) is 0.0239. The Bertz CT molecular complexity index is 716. The number of aromatic nitrogens is 1. The lowest BCUT2D eigenvalue weighted by molar-refractivity contribution is 0.0598. The van der Waals surface area contributed by atoms with Gasteiger partial charge in [-0.15, -0.1) is 0 Å². The number of benzene rings is 1. The van der Waals surface area contributed by atoms with Crippen molar-refractivity contribution in [1.82, 2.24) is 4.98 Å². The van der Waals surface area contributed by atoms with Gasteiger partial charge in [0.1, 0.15) is 11.4 Å². The Labute approximate surface area is 140 Å². The quantitative estimate of drug-likeness (QED) is 0.865. The third kappa shape index (κ3) is 4.81. The minimum Gasteiger partial charge on any atom is -0.465 e. The largest absolute Gasteiger partial charge is 0.465 e.